The van der Waals surface area contributed by atoms with Crippen LogP contribution in [0.2, 0.25) is 0 Å². The van der Waals surface area contributed by atoms with Gasteiger partial charge in [-0.15, -0.1) is 0 Å². The largest absolute Gasteiger partial charge is 0.494 e. The molecule has 0 spiro atoms. The van der Waals surface area contributed by atoms with Gasteiger partial charge in [0.15, 0.2) is 0 Å². The molecule has 0 aromatic heterocycles. The summed E-state index contributed by atoms with van der Waals surface area (Å²) in [6, 6.07) is 12.3. The molecular weight excluding hydrogens is 265 g/mol. The number of nitrogens with two attached hydrogens (primary N) is 1. The molecule has 0 bridgehead atoms. The van der Waals surface area contributed by atoms with Crippen molar-refractivity contribution in [2.45, 2.75) is 32.7 Å². The Kier molecular flexibility index (Phi) is 5.34. The minimum absolute atomic E-state index is 0.233. The van der Waals surface area contributed by atoms with Gasteiger partial charge in [-0.25, -0.2) is 4.39 Å². The van der Waals surface area contributed by atoms with Gasteiger partial charge in [0.25, 0.3) is 0 Å². The maximum Gasteiger partial charge on any atom is 0.123 e. The average Bonchev–Trinajstić information content (AvgIpc) is 2.48. The molecular formula is C18H22FNO. The van der Waals surface area contributed by atoms with Crippen LogP contribution in [0, 0.1) is 12.7 Å². The van der Waals surface area contributed by atoms with E-state index in [1.165, 1.54) is 12.1 Å². The van der Waals surface area contributed by atoms with E-state index in [0.29, 0.717) is 0 Å². The Morgan fingerprint density at radius 2 is 1.86 bits per heavy atom. The second-order valence-electron chi connectivity index (χ2n) is 5.25. The number of benzene rings is 2. The second kappa shape index (κ2) is 7.23. The van der Waals surface area contributed by atoms with Crippen molar-refractivity contribution in [2.75, 3.05) is 6.61 Å². The quantitative estimate of drug-likeness (QED) is 0.801. The Hall–Kier alpha value is -1.87. The van der Waals surface area contributed by atoms with E-state index in [1.807, 2.05) is 31.2 Å². The van der Waals surface area contributed by atoms with Crippen molar-refractivity contribution in [1.29, 1.82) is 0 Å². The van der Waals surface area contributed by atoms with Gasteiger partial charge in [0.05, 0.1) is 12.6 Å². The molecule has 0 aliphatic carbocycles. The van der Waals surface area contributed by atoms with Crippen LogP contribution in [-0.4, -0.2) is 6.61 Å². The lowest BCUT2D eigenvalue weighted by atomic mass is 9.96. The van der Waals surface area contributed by atoms with Crippen molar-refractivity contribution in [1.82, 2.24) is 0 Å². The lowest BCUT2D eigenvalue weighted by Gasteiger charge is -2.16. The maximum absolute atomic E-state index is 13.2. The minimum atomic E-state index is -0.254. The van der Waals surface area contributed by atoms with Crippen molar-refractivity contribution >= 4 is 0 Å². The SMILES string of the molecule is CCCCOc1ccc(C(N)c2ccc(F)cc2C)cc1. The van der Waals surface area contributed by atoms with Gasteiger partial charge in [-0.3, -0.25) is 0 Å². The van der Waals surface area contributed by atoms with Gasteiger partial charge in [0.2, 0.25) is 0 Å². The fourth-order valence-electron chi connectivity index (χ4n) is 2.27. The monoisotopic (exact) mass is 287 g/mol. The summed E-state index contributed by atoms with van der Waals surface area (Å²) in [6.07, 6.45) is 2.17. The van der Waals surface area contributed by atoms with Crippen molar-refractivity contribution in [3.63, 3.8) is 0 Å². The van der Waals surface area contributed by atoms with E-state index < -0.39 is 0 Å². The minimum Gasteiger partial charge on any atom is -0.494 e. The number of hydrogen-bond donors (Lipinski definition) is 1. The van der Waals surface area contributed by atoms with Crippen LogP contribution in [0.1, 0.15) is 42.5 Å². The molecule has 0 saturated carbocycles. The Morgan fingerprint density at radius 3 is 2.48 bits per heavy atom. The molecule has 0 fully saturated rings. The first-order valence-electron chi connectivity index (χ1n) is 7.36. The fourth-order valence-corrected chi connectivity index (χ4v) is 2.27. The summed E-state index contributed by atoms with van der Waals surface area (Å²) in [4.78, 5) is 0. The topological polar surface area (TPSA) is 35.2 Å². The van der Waals surface area contributed by atoms with Crippen LogP contribution in [-0.2, 0) is 0 Å². The van der Waals surface area contributed by atoms with E-state index in [4.69, 9.17) is 10.5 Å². The lowest BCUT2D eigenvalue weighted by Crippen LogP contribution is -2.13. The number of ether oxygens (including phenoxy) is 1. The fraction of sp³-hybridized carbons (Fsp3) is 0.333. The molecule has 0 amide bonds. The number of hydrogen-bond acceptors (Lipinski definition) is 2. The van der Waals surface area contributed by atoms with E-state index in [-0.39, 0.29) is 11.9 Å². The zero-order chi connectivity index (χ0) is 15.2. The van der Waals surface area contributed by atoms with E-state index in [9.17, 15) is 4.39 Å². The normalized spacial score (nSPS) is 12.2. The van der Waals surface area contributed by atoms with E-state index >= 15 is 0 Å². The average molecular weight is 287 g/mol. The van der Waals surface area contributed by atoms with E-state index in [1.54, 1.807) is 6.07 Å². The predicted octanol–water partition coefficient (Wildman–Crippen LogP) is 4.36. The summed E-state index contributed by atoms with van der Waals surface area (Å²) < 4.78 is 18.8. The summed E-state index contributed by atoms with van der Waals surface area (Å²) in [7, 11) is 0. The van der Waals surface area contributed by atoms with E-state index in [2.05, 4.69) is 6.92 Å². The third-order valence-electron chi connectivity index (χ3n) is 3.57. The van der Waals surface area contributed by atoms with Crippen molar-refractivity contribution in [3.05, 3.63) is 65.0 Å². The molecule has 112 valence electrons. The molecule has 2 aromatic rings. The summed E-state index contributed by atoms with van der Waals surface area (Å²) in [5.41, 5.74) is 9.08. The highest BCUT2D eigenvalue weighted by Gasteiger charge is 2.12. The molecule has 0 aliphatic rings. The molecule has 0 heterocycles. The number of rotatable bonds is 6. The Labute approximate surface area is 125 Å². The van der Waals surface area contributed by atoms with Crippen molar-refractivity contribution in [2.24, 2.45) is 5.73 Å². The second-order valence-corrected chi connectivity index (χ2v) is 5.25. The van der Waals surface area contributed by atoms with Crippen LogP contribution in [0.5, 0.6) is 5.75 Å². The smallest absolute Gasteiger partial charge is 0.123 e. The third kappa shape index (κ3) is 4.05. The highest BCUT2D eigenvalue weighted by Crippen LogP contribution is 2.25. The maximum atomic E-state index is 13.2. The first-order valence-corrected chi connectivity index (χ1v) is 7.36. The number of unbranched alkanes of at least 4 members (excludes halogenated alkanes) is 1. The molecule has 0 radical (unpaired) electrons. The van der Waals surface area contributed by atoms with Crippen molar-refractivity contribution < 1.29 is 9.13 Å². The Bertz CT molecular complexity index is 580. The van der Waals surface area contributed by atoms with Crippen LogP contribution in [0.4, 0.5) is 4.39 Å². The molecule has 2 rings (SSSR count). The summed E-state index contributed by atoms with van der Waals surface area (Å²) >= 11 is 0. The van der Waals surface area contributed by atoms with Gasteiger partial charge in [0.1, 0.15) is 11.6 Å². The van der Waals surface area contributed by atoms with Crippen LogP contribution in [0.3, 0.4) is 0 Å². The van der Waals surface area contributed by atoms with Gasteiger partial charge >= 0.3 is 0 Å². The van der Waals surface area contributed by atoms with Crippen LogP contribution < -0.4 is 10.5 Å². The van der Waals surface area contributed by atoms with Gasteiger partial charge < -0.3 is 10.5 Å². The Morgan fingerprint density at radius 1 is 1.14 bits per heavy atom. The standard InChI is InChI=1S/C18H22FNO/c1-3-4-11-21-16-8-5-14(6-9-16)18(20)17-10-7-15(19)12-13(17)2/h5-10,12,18H,3-4,11,20H2,1-2H3. The van der Waals surface area contributed by atoms with Crippen LogP contribution in [0.25, 0.3) is 0 Å². The molecule has 21 heavy (non-hydrogen) atoms. The molecule has 3 heteroatoms. The van der Waals surface area contributed by atoms with Crippen LogP contribution >= 0.6 is 0 Å². The molecule has 2 nitrogen and oxygen atoms in total. The molecule has 2 aromatic carbocycles. The van der Waals surface area contributed by atoms with Crippen molar-refractivity contribution in [3.8, 4) is 5.75 Å². The first kappa shape index (κ1) is 15.5. The van der Waals surface area contributed by atoms with Gasteiger partial charge in [-0.2, -0.15) is 0 Å². The van der Waals surface area contributed by atoms with Gasteiger partial charge in [-0.05, 0) is 54.3 Å². The zero-order valence-electron chi connectivity index (χ0n) is 12.6. The highest BCUT2D eigenvalue weighted by atomic mass is 19.1. The van der Waals surface area contributed by atoms with Gasteiger partial charge in [-0.1, -0.05) is 31.5 Å². The summed E-state index contributed by atoms with van der Waals surface area (Å²) in [6.45, 7) is 4.75. The van der Waals surface area contributed by atoms with Gasteiger partial charge in [0, 0.05) is 0 Å². The molecule has 1 atom stereocenters. The lowest BCUT2D eigenvalue weighted by molar-refractivity contribution is 0.309. The van der Waals surface area contributed by atoms with Crippen LogP contribution in [0.15, 0.2) is 42.5 Å². The zero-order valence-corrected chi connectivity index (χ0v) is 12.6. The predicted molar refractivity (Wildman–Crippen MR) is 84.0 cm³/mol. The molecule has 0 aliphatic heterocycles. The highest BCUT2D eigenvalue weighted by molar-refractivity contribution is 5.38. The third-order valence-corrected chi connectivity index (χ3v) is 3.57. The number of aryl methyl sites for hydroxylation is 1. The summed E-state index contributed by atoms with van der Waals surface area (Å²) in [5.74, 6) is 0.623. The number of halogens is 1. The van der Waals surface area contributed by atoms with E-state index in [0.717, 1.165) is 41.9 Å². The summed E-state index contributed by atoms with van der Waals surface area (Å²) in [5, 5.41) is 0. The molecule has 1 unspecified atom stereocenters. The molecule has 2 N–H and O–H groups in total. The first-order chi connectivity index (χ1) is 10.1. The Balaban J connectivity index is 2.10. The molecule has 0 saturated heterocycles.